The van der Waals surface area contributed by atoms with Gasteiger partial charge in [-0.1, -0.05) is 16.8 Å². The lowest BCUT2D eigenvalue weighted by molar-refractivity contribution is -0.115. The van der Waals surface area contributed by atoms with Gasteiger partial charge in [-0.25, -0.2) is 0 Å². The molecule has 1 amide bonds. The first kappa shape index (κ1) is 16.7. The second kappa shape index (κ2) is 6.79. The van der Waals surface area contributed by atoms with E-state index in [0.29, 0.717) is 38.8 Å². The summed E-state index contributed by atoms with van der Waals surface area (Å²) in [6.45, 7) is 1.76. The van der Waals surface area contributed by atoms with Gasteiger partial charge in [0.15, 0.2) is 5.82 Å². The first-order valence-electron chi connectivity index (χ1n) is 7.40. The van der Waals surface area contributed by atoms with Gasteiger partial charge in [-0.2, -0.15) is 5.26 Å². The first-order valence-corrected chi connectivity index (χ1v) is 7.78. The molecule has 0 unspecified atom stereocenters. The molecule has 7 nitrogen and oxygen atoms in total. The zero-order chi connectivity index (χ0) is 18.0. The van der Waals surface area contributed by atoms with Crippen LogP contribution in [0.15, 0.2) is 35.0 Å². The standard InChI is InChI=1S/C17H14ClN5O2/c1-10-5-15(22-25-10)21-16(24)9-23(2)17-11(7-19)8-20-14-4-3-12(18)6-13(14)17/h3-6,8H,9H2,1-2H3,(H,21,22,24). The van der Waals surface area contributed by atoms with Crippen LogP contribution in [0.2, 0.25) is 5.02 Å². The van der Waals surface area contributed by atoms with E-state index in [4.69, 9.17) is 16.1 Å². The number of fused-ring (bicyclic) bond motifs is 1. The van der Waals surface area contributed by atoms with Crippen LogP contribution in [0, 0.1) is 18.3 Å². The fourth-order valence-electron chi connectivity index (χ4n) is 2.55. The number of carbonyl (C=O) groups is 1. The summed E-state index contributed by atoms with van der Waals surface area (Å²) in [5.41, 5.74) is 1.65. The summed E-state index contributed by atoms with van der Waals surface area (Å²) in [7, 11) is 1.73. The highest BCUT2D eigenvalue weighted by Crippen LogP contribution is 2.30. The van der Waals surface area contributed by atoms with E-state index >= 15 is 0 Å². The van der Waals surface area contributed by atoms with Crippen molar-refractivity contribution in [2.24, 2.45) is 0 Å². The third-order valence-electron chi connectivity index (χ3n) is 3.58. The number of halogens is 1. The van der Waals surface area contributed by atoms with E-state index in [2.05, 4.69) is 21.5 Å². The molecule has 1 aromatic carbocycles. The fourth-order valence-corrected chi connectivity index (χ4v) is 2.72. The molecule has 0 aliphatic carbocycles. The molecule has 8 heteroatoms. The third-order valence-corrected chi connectivity index (χ3v) is 3.82. The van der Waals surface area contributed by atoms with E-state index < -0.39 is 0 Å². The quantitative estimate of drug-likeness (QED) is 0.772. The maximum atomic E-state index is 12.2. The zero-order valence-corrected chi connectivity index (χ0v) is 14.3. The molecular formula is C17H14ClN5O2. The molecular weight excluding hydrogens is 342 g/mol. The number of carbonyl (C=O) groups excluding carboxylic acids is 1. The van der Waals surface area contributed by atoms with Gasteiger partial charge in [0.1, 0.15) is 11.8 Å². The maximum Gasteiger partial charge on any atom is 0.245 e. The lowest BCUT2D eigenvalue weighted by Crippen LogP contribution is -2.30. The average molecular weight is 356 g/mol. The number of hydrogen-bond donors (Lipinski definition) is 1. The van der Waals surface area contributed by atoms with E-state index in [9.17, 15) is 10.1 Å². The smallest absolute Gasteiger partial charge is 0.245 e. The average Bonchev–Trinajstić information content (AvgIpc) is 2.97. The topological polar surface area (TPSA) is 95.1 Å². The third kappa shape index (κ3) is 3.54. The van der Waals surface area contributed by atoms with E-state index in [-0.39, 0.29) is 12.5 Å². The Labute approximate surface area is 148 Å². The predicted molar refractivity (Wildman–Crippen MR) is 94.6 cm³/mol. The highest BCUT2D eigenvalue weighted by Gasteiger charge is 2.17. The summed E-state index contributed by atoms with van der Waals surface area (Å²) >= 11 is 6.08. The molecule has 0 fully saturated rings. The predicted octanol–water partition coefficient (Wildman–Crippen LogP) is 3.13. The number of rotatable bonds is 4. The van der Waals surface area contributed by atoms with Gasteiger partial charge < -0.3 is 14.7 Å². The van der Waals surface area contributed by atoms with Crippen LogP contribution >= 0.6 is 11.6 Å². The van der Waals surface area contributed by atoms with Gasteiger partial charge in [-0.15, -0.1) is 0 Å². The van der Waals surface area contributed by atoms with Gasteiger partial charge in [0.2, 0.25) is 5.91 Å². The highest BCUT2D eigenvalue weighted by molar-refractivity contribution is 6.31. The van der Waals surface area contributed by atoms with Crippen LogP contribution < -0.4 is 10.2 Å². The van der Waals surface area contributed by atoms with Crippen molar-refractivity contribution in [2.75, 3.05) is 23.8 Å². The monoisotopic (exact) mass is 355 g/mol. The van der Waals surface area contributed by atoms with Crippen LogP contribution in [0.25, 0.3) is 10.9 Å². The van der Waals surface area contributed by atoms with Crippen LogP contribution in [0.4, 0.5) is 11.5 Å². The molecule has 0 saturated heterocycles. The maximum absolute atomic E-state index is 12.2. The number of pyridine rings is 1. The number of amides is 1. The van der Waals surface area contributed by atoms with Crippen molar-refractivity contribution >= 4 is 39.9 Å². The van der Waals surface area contributed by atoms with Crippen molar-refractivity contribution in [1.82, 2.24) is 10.1 Å². The Balaban J connectivity index is 1.90. The summed E-state index contributed by atoms with van der Waals surface area (Å²) < 4.78 is 4.92. The number of anilines is 2. The number of aromatic nitrogens is 2. The number of nitriles is 1. The minimum atomic E-state index is -0.285. The molecule has 0 radical (unpaired) electrons. The molecule has 2 heterocycles. The Morgan fingerprint density at radius 3 is 2.92 bits per heavy atom. The summed E-state index contributed by atoms with van der Waals surface area (Å²) in [6, 6.07) is 8.97. The normalized spacial score (nSPS) is 10.5. The van der Waals surface area contributed by atoms with Gasteiger partial charge >= 0.3 is 0 Å². The SMILES string of the molecule is Cc1cc(NC(=O)CN(C)c2c(C#N)cnc3ccc(Cl)cc23)no1. The van der Waals surface area contributed by atoms with Crippen molar-refractivity contribution < 1.29 is 9.32 Å². The molecule has 1 N–H and O–H groups in total. The summed E-state index contributed by atoms with van der Waals surface area (Å²) in [5, 5.41) is 17.0. The number of aryl methyl sites for hydroxylation is 1. The van der Waals surface area contributed by atoms with Crippen molar-refractivity contribution in [2.45, 2.75) is 6.92 Å². The Bertz CT molecular complexity index is 992. The Kier molecular flexibility index (Phi) is 4.55. The van der Waals surface area contributed by atoms with Crippen LogP contribution in [0.3, 0.4) is 0 Å². The second-order valence-corrected chi connectivity index (χ2v) is 5.96. The van der Waals surface area contributed by atoms with E-state index in [1.165, 1.54) is 6.20 Å². The van der Waals surface area contributed by atoms with Crippen molar-refractivity contribution in [3.63, 3.8) is 0 Å². The van der Waals surface area contributed by atoms with Crippen molar-refractivity contribution in [3.05, 3.63) is 46.8 Å². The van der Waals surface area contributed by atoms with Crippen molar-refractivity contribution in [3.8, 4) is 6.07 Å². The van der Waals surface area contributed by atoms with Crippen LogP contribution in [0.5, 0.6) is 0 Å². The summed E-state index contributed by atoms with van der Waals surface area (Å²) in [5.74, 6) is 0.663. The van der Waals surface area contributed by atoms with Crippen LogP contribution in [0.1, 0.15) is 11.3 Å². The largest absolute Gasteiger partial charge is 0.364 e. The molecule has 25 heavy (non-hydrogen) atoms. The second-order valence-electron chi connectivity index (χ2n) is 5.52. The number of nitrogens with zero attached hydrogens (tertiary/aromatic N) is 4. The van der Waals surface area contributed by atoms with Gasteiger partial charge in [0, 0.05) is 29.7 Å². The minimum absolute atomic E-state index is 0.0201. The van der Waals surface area contributed by atoms with Gasteiger partial charge in [0.05, 0.1) is 23.3 Å². The van der Waals surface area contributed by atoms with E-state index in [1.54, 1.807) is 43.1 Å². The van der Waals surface area contributed by atoms with Gasteiger partial charge in [0.25, 0.3) is 0 Å². The minimum Gasteiger partial charge on any atom is -0.364 e. The highest BCUT2D eigenvalue weighted by atomic mass is 35.5. The molecule has 0 aliphatic rings. The molecule has 0 spiro atoms. The van der Waals surface area contributed by atoms with Gasteiger partial charge in [-0.3, -0.25) is 9.78 Å². The zero-order valence-electron chi connectivity index (χ0n) is 13.6. The number of benzene rings is 1. The van der Waals surface area contributed by atoms with Crippen LogP contribution in [-0.2, 0) is 4.79 Å². The molecule has 126 valence electrons. The van der Waals surface area contributed by atoms with Gasteiger partial charge in [-0.05, 0) is 25.1 Å². The molecule has 0 aliphatic heterocycles. The Morgan fingerprint density at radius 2 is 2.24 bits per heavy atom. The van der Waals surface area contributed by atoms with E-state index in [0.717, 1.165) is 0 Å². The Hall–Kier alpha value is -3.11. The Morgan fingerprint density at radius 1 is 1.44 bits per heavy atom. The molecule has 0 saturated carbocycles. The summed E-state index contributed by atoms with van der Waals surface area (Å²) in [6.07, 6.45) is 1.49. The molecule has 3 rings (SSSR count). The van der Waals surface area contributed by atoms with Crippen LogP contribution in [-0.4, -0.2) is 29.6 Å². The lowest BCUT2D eigenvalue weighted by Gasteiger charge is -2.21. The fraction of sp³-hybridized carbons (Fsp3) is 0.176. The molecule has 2 aromatic heterocycles. The number of hydrogen-bond acceptors (Lipinski definition) is 6. The van der Waals surface area contributed by atoms with E-state index in [1.807, 2.05) is 0 Å². The van der Waals surface area contributed by atoms with Crippen molar-refractivity contribution in [1.29, 1.82) is 5.26 Å². The number of nitrogens with one attached hydrogen (secondary N) is 1. The number of likely N-dealkylation sites (N-methyl/N-ethyl adjacent to an activating group) is 1. The molecule has 0 atom stereocenters. The summed E-state index contributed by atoms with van der Waals surface area (Å²) in [4.78, 5) is 18.2. The first-order chi connectivity index (χ1) is 12.0. The molecule has 0 bridgehead atoms. The molecule has 3 aromatic rings. The lowest BCUT2D eigenvalue weighted by atomic mass is 10.1.